The van der Waals surface area contributed by atoms with E-state index in [2.05, 4.69) is 22.9 Å². The highest BCUT2D eigenvalue weighted by Gasteiger charge is 2.08. The Labute approximate surface area is 95.8 Å². The van der Waals surface area contributed by atoms with Crippen molar-refractivity contribution in [3.63, 3.8) is 0 Å². The predicted octanol–water partition coefficient (Wildman–Crippen LogP) is 3.40. The van der Waals surface area contributed by atoms with Crippen molar-refractivity contribution in [2.75, 3.05) is 5.75 Å². The minimum Gasteiger partial charge on any atom is -0.478 e. The zero-order chi connectivity index (χ0) is 10.6. The van der Waals surface area contributed by atoms with Crippen LogP contribution in [0.1, 0.15) is 22.8 Å². The van der Waals surface area contributed by atoms with Crippen LogP contribution in [0.2, 0.25) is 0 Å². The van der Waals surface area contributed by atoms with E-state index in [1.807, 2.05) is 6.07 Å². The Morgan fingerprint density at radius 3 is 2.86 bits per heavy atom. The molecule has 0 spiro atoms. The van der Waals surface area contributed by atoms with Gasteiger partial charge in [-0.2, -0.15) is 11.8 Å². The summed E-state index contributed by atoms with van der Waals surface area (Å²) < 4.78 is 0.634. The number of hydrogen-bond acceptors (Lipinski definition) is 2. The Morgan fingerprint density at radius 1 is 1.57 bits per heavy atom. The van der Waals surface area contributed by atoms with Crippen LogP contribution >= 0.6 is 27.7 Å². The van der Waals surface area contributed by atoms with Gasteiger partial charge in [0.05, 0.1) is 5.56 Å². The van der Waals surface area contributed by atoms with Gasteiger partial charge in [0.2, 0.25) is 0 Å². The van der Waals surface area contributed by atoms with Gasteiger partial charge in [0.1, 0.15) is 0 Å². The fourth-order valence-corrected chi connectivity index (χ4v) is 2.08. The summed E-state index contributed by atoms with van der Waals surface area (Å²) >= 11 is 4.99. The Kier molecular flexibility index (Phi) is 4.48. The molecule has 1 aromatic carbocycles. The maximum atomic E-state index is 10.8. The third-order valence-electron chi connectivity index (χ3n) is 1.73. The average Bonchev–Trinajstić information content (AvgIpc) is 2.16. The predicted molar refractivity (Wildman–Crippen MR) is 62.9 cm³/mol. The van der Waals surface area contributed by atoms with E-state index >= 15 is 0 Å². The fraction of sp³-hybridized carbons (Fsp3) is 0.300. The minimum absolute atomic E-state index is 0.333. The summed E-state index contributed by atoms with van der Waals surface area (Å²) in [4.78, 5) is 10.8. The number of hydrogen-bond donors (Lipinski definition) is 1. The van der Waals surface area contributed by atoms with E-state index in [0.29, 0.717) is 10.0 Å². The van der Waals surface area contributed by atoms with Gasteiger partial charge in [0, 0.05) is 10.2 Å². The second kappa shape index (κ2) is 5.41. The van der Waals surface area contributed by atoms with Crippen LogP contribution in [0.15, 0.2) is 22.7 Å². The maximum Gasteiger partial charge on any atom is 0.336 e. The Balaban J connectivity index is 2.89. The Hall–Kier alpha value is -0.480. The minimum atomic E-state index is -0.889. The van der Waals surface area contributed by atoms with E-state index in [1.165, 1.54) is 0 Å². The summed E-state index contributed by atoms with van der Waals surface area (Å²) in [5.41, 5.74) is 1.39. The van der Waals surface area contributed by atoms with E-state index < -0.39 is 5.97 Å². The molecule has 1 aromatic rings. The van der Waals surface area contributed by atoms with Gasteiger partial charge in [0.25, 0.3) is 0 Å². The number of carbonyl (C=O) groups is 1. The van der Waals surface area contributed by atoms with Gasteiger partial charge in [0.15, 0.2) is 0 Å². The van der Waals surface area contributed by atoms with Crippen molar-refractivity contribution in [2.24, 2.45) is 0 Å². The molecule has 0 unspecified atom stereocenters. The average molecular weight is 275 g/mol. The van der Waals surface area contributed by atoms with Crippen LogP contribution in [0, 0.1) is 0 Å². The molecule has 1 N–H and O–H groups in total. The molecule has 0 saturated heterocycles. The van der Waals surface area contributed by atoms with Crippen molar-refractivity contribution in [2.45, 2.75) is 12.7 Å². The van der Waals surface area contributed by atoms with Crippen LogP contribution in [0.5, 0.6) is 0 Å². The van der Waals surface area contributed by atoms with E-state index in [1.54, 1.807) is 23.9 Å². The molecule has 0 amide bonds. The first kappa shape index (κ1) is 11.6. The van der Waals surface area contributed by atoms with Crippen LogP contribution in [0.3, 0.4) is 0 Å². The molecule has 0 bridgehead atoms. The fourth-order valence-electron chi connectivity index (χ4n) is 1.05. The SMILES string of the molecule is CCSCc1ccc(Br)c(C(=O)O)c1. The zero-order valence-corrected chi connectivity index (χ0v) is 10.2. The van der Waals surface area contributed by atoms with Crippen molar-refractivity contribution < 1.29 is 9.90 Å². The topological polar surface area (TPSA) is 37.3 Å². The number of carboxylic acid groups (broad SMARTS) is 1. The molecule has 76 valence electrons. The first-order chi connectivity index (χ1) is 6.65. The summed E-state index contributed by atoms with van der Waals surface area (Å²) in [6, 6.07) is 5.45. The largest absolute Gasteiger partial charge is 0.478 e. The highest BCUT2D eigenvalue weighted by molar-refractivity contribution is 9.10. The monoisotopic (exact) mass is 274 g/mol. The molecule has 0 heterocycles. The molecule has 0 radical (unpaired) electrons. The van der Waals surface area contributed by atoms with Gasteiger partial charge in [-0.25, -0.2) is 4.79 Å². The van der Waals surface area contributed by atoms with E-state index in [9.17, 15) is 4.79 Å². The number of halogens is 1. The first-order valence-electron chi connectivity index (χ1n) is 4.24. The third-order valence-corrected chi connectivity index (χ3v) is 3.37. The van der Waals surface area contributed by atoms with Gasteiger partial charge >= 0.3 is 5.97 Å². The van der Waals surface area contributed by atoms with Crippen molar-refractivity contribution in [3.8, 4) is 0 Å². The van der Waals surface area contributed by atoms with Crippen LogP contribution in [0.25, 0.3) is 0 Å². The second-order valence-electron chi connectivity index (χ2n) is 2.76. The molecular formula is C10H11BrO2S. The van der Waals surface area contributed by atoms with E-state index in [4.69, 9.17) is 5.11 Å². The first-order valence-corrected chi connectivity index (χ1v) is 6.19. The zero-order valence-electron chi connectivity index (χ0n) is 7.79. The molecule has 1 rings (SSSR count). The van der Waals surface area contributed by atoms with Crippen LogP contribution in [-0.2, 0) is 5.75 Å². The van der Waals surface area contributed by atoms with E-state index in [-0.39, 0.29) is 0 Å². The van der Waals surface area contributed by atoms with Gasteiger partial charge in [-0.15, -0.1) is 0 Å². The van der Waals surface area contributed by atoms with Gasteiger partial charge in [-0.1, -0.05) is 13.0 Å². The van der Waals surface area contributed by atoms with Crippen molar-refractivity contribution >= 4 is 33.7 Å². The molecule has 2 nitrogen and oxygen atoms in total. The molecular weight excluding hydrogens is 264 g/mol. The Morgan fingerprint density at radius 2 is 2.29 bits per heavy atom. The molecule has 14 heavy (non-hydrogen) atoms. The van der Waals surface area contributed by atoms with Gasteiger partial charge in [-0.3, -0.25) is 0 Å². The number of rotatable bonds is 4. The van der Waals surface area contributed by atoms with Gasteiger partial charge in [-0.05, 0) is 39.4 Å². The number of benzene rings is 1. The second-order valence-corrected chi connectivity index (χ2v) is 4.89. The lowest BCUT2D eigenvalue weighted by Crippen LogP contribution is -1.98. The summed E-state index contributed by atoms with van der Waals surface area (Å²) in [7, 11) is 0. The molecule has 0 aliphatic carbocycles. The summed E-state index contributed by atoms with van der Waals surface area (Å²) in [5, 5.41) is 8.88. The molecule has 0 atom stereocenters. The Bertz CT molecular complexity index is 339. The summed E-state index contributed by atoms with van der Waals surface area (Å²) in [6.45, 7) is 2.08. The smallest absolute Gasteiger partial charge is 0.336 e. The lowest BCUT2D eigenvalue weighted by Gasteiger charge is -2.03. The standard InChI is InChI=1S/C10H11BrO2S/c1-2-14-6-7-3-4-9(11)8(5-7)10(12)13/h3-5H,2,6H2,1H3,(H,12,13). The summed E-state index contributed by atoms with van der Waals surface area (Å²) in [5.74, 6) is 1.02. The molecule has 0 fully saturated rings. The van der Waals surface area contributed by atoms with Gasteiger partial charge < -0.3 is 5.11 Å². The van der Waals surface area contributed by atoms with Crippen molar-refractivity contribution in [1.29, 1.82) is 0 Å². The third kappa shape index (κ3) is 3.03. The normalized spacial score (nSPS) is 10.1. The maximum absolute atomic E-state index is 10.8. The van der Waals surface area contributed by atoms with E-state index in [0.717, 1.165) is 17.1 Å². The molecule has 0 aromatic heterocycles. The number of aromatic carboxylic acids is 1. The molecule has 0 aliphatic heterocycles. The lowest BCUT2D eigenvalue weighted by atomic mass is 10.1. The van der Waals surface area contributed by atoms with Crippen LogP contribution in [0.4, 0.5) is 0 Å². The highest BCUT2D eigenvalue weighted by atomic mass is 79.9. The quantitative estimate of drug-likeness (QED) is 0.915. The van der Waals surface area contributed by atoms with Crippen molar-refractivity contribution in [3.05, 3.63) is 33.8 Å². The lowest BCUT2D eigenvalue weighted by molar-refractivity contribution is 0.0696. The number of thioether (sulfide) groups is 1. The number of carboxylic acids is 1. The summed E-state index contributed by atoms with van der Waals surface area (Å²) in [6.07, 6.45) is 0. The van der Waals surface area contributed by atoms with Crippen LogP contribution in [-0.4, -0.2) is 16.8 Å². The molecule has 0 aliphatic rings. The molecule has 4 heteroatoms. The molecule has 0 saturated carbocycles. The highest BCUT2D eigenvalue weighted by Crippen LogP contribution is 2.21. The van der Waals surface area contributed by atoms with Crippen LogP contribution < -0.4 is 0 Å². The van der Waals surface area contributed by atoms with Crippen molar-refractivity contribution in [1.82, 2.24) is 0 Å².